The van der Waals surface area contributed by atoms with E-state index in [1.165, 1.54) is 57.8 Å². The van der Waals surface area contributed by atoms with Crippen molar-refractivity contribution in [3.05, 3.63) is 0 Å². The maximum atomic E-state index is 5.51. The van der Waals surface area contributed by atoms with Crippen LogP contribution in [0, 0.1) is 5.92 Å². The van der Waals surface area contributed by atoms with Crippen LogP contribution in [0.25, 0.3) is 0 Å². The van der Waals surface area contributed by atoms with Gasteiger partial charge in [-0.2, -0.15) is 0 Å². The Morgan fingerprint density at radius 3 is 1.94 bits per heavy atom. The molecule has 16 heavy (non-hydrogen) atoms. The van der Waals surface area contributed by atoms with Gasteiger partial charge in [0, 0.05) is 7.11 Å². The van der Waals surface area contributed by atoms with E-state index < -0.39 is 0 Å². The third-order valence-electron chi connectivity index (χ3n) is 3.20. The Morgan fingerprint density at radius 1 is 0.875 bits per heavy atom. The Morgan fingerprint density at radius 2 is 1.44 bits per heavy atom. The highest BCUT2D eigenvalue weighted by molar-refractivity contribution is 4.60. The lowest BCUT2D eigenvalue weighted by Crippen LogP contribution is -2.13. The molecule has 0 aromatic carbocycles. The van der Waals surface area contributed by atoms with Crippen molar-refractivity contribution in [1.82, 2.24) is 0 Å². The first-order valence-corrected chi connectivity index (χ1v) is 7.23. The zero-order valence-corrected chi connectivity index (χ0v) is 11.9. The third kappa shape index (κ3) is 10.5. The topological polar surface area (TPSA) is 9.23 Å². The van der Waals surface area contributed by atoms with Crippen molar-refractivity contribution in [2.75, 3.05) is 7.11 Å². The van der Waals surface area contributed by atoms with E-state index in [0.717, 1.165) is 5.92 Å². The van der Waals surface area contributed by atoms with Gasteiger partial charge in [-0.05, 0) is 18.8 Å². The summed E-state index contributed by atoms with van der Waals surface area (Å²) in [5, 5.41) is 0. The number of hydrogen-bond acceptors (Lipinski definition) is 1. The smallest absolute Gasteiger partial charge is 0.0573 e. The standard InChI is InChI=1S/C15H32O/c1-5-6-7-8-9-10-11-12-15(16-4)13-14(2)3/h14-15H,5-13H2,1-4H3. The molecule has 1 atom stereocenters. The van der Waals surface area contributed by atoms with Crippen molar-refractivity contribution in [3.63, 3.8) is 0 Å². The molecule has 0 fully saturated rings. The third-order valence-corrected chi connectivity index (χ3v) is 3.20. The fourth-order valence-electron chi connectivity index (χ4n) is 2.19. The molecule has 0 spiro atoms. The van der Waals surface area contributed by atoms with Gasteiger partial charge in [0.2, 0.25) is 0 Å². The molecular weight excluding hydrogens is 196 g/mol. The second-order valence-corrected chi connectivity index (χ2v) is 5.40. The molecule has 0 aromatic heterocycles. The summed E-state index contributed by atoms with van der Waals surface area (Å²) < 4.78 is 5.51. The molecule has 0 aliphatic heterocycles. The summed E-state index contributed by atoms with van der Waals surface area (Å²) in [4.78, 5) is 0. The van der Waals surface area contributed by atoms with E-state index in [2.05, 4.69) is 20.8 Å². The molecule has 0 N–H and O–H groups in total. The average Bonchev–Trinajstić information content (AvgIpc) is 2.25. The van der Waals surface area contributed by atoms with Crippen LogP contribution in [-0.2, 0) is 4.74 Å². The lowest BCUT2D eigenvalue weighted by molar-refractivity contribution is 0.0751. The molecule has 0 rings (SSSR count). The van der Waals surface area contributed by atoms with Crippen LogP contribution in [0.3, 0.4) is 0 Å². The summed E-state index contributed by atoms with van der Waals surface area (Å²) in [6, 6.07) is 0. The first-order valence-electron chi connectivity index (χ1n) is 7.23. The molecule has 0 radical (unpaired) electrons. The summed E-state index contributed by atoms with van der Waals surface area (Å²) in [6.07, 6.45) is 12.7. The maximum Gasteiger partial charge on any atom is 0.0573 e. The number of methoxy groups -OCH3 is 1. The van der Waals surface area contributed by atoms with Gasteiger partial charge in [-0.1, -0.05) is 65.7 Å². The minimum absolute atomic E-state index is 0.496. The molecule has 0 aliphatic carbocycles. The van der Waals surface area contributed by atoms with E-state index in [1.807, 2.05) is 7.11 Å². The van der Waals surface area contributed by atoms with E-state index in [0.29, 0.717) is 6.10 Å². The molecule has 0 bridgehead atoms. The Hall–Kier alpha value is -0.0400. The van der Waals surface area contributed by atoms with Gasteiger partial charge in [0.1, 0.15) is 0 Å². The van der Waals surface area contributed by atoms with Gasteiger partial charge < -0.3 is 4.74 Å². The molecule has 0 amide bonds. The Labute approximate surface area is 103 Å². The van der Waals surface area contributed by atoms with Crippen molar-refractivity contribution >= 4 is 0 Å². The van der Waals surface area contributed by atoms with E-state index in [1.54, 1.807) is 0 Å². The molecule has 0 heterocycles. The van der Waals surface area contributed by atoms with Crippen molar-refractivity contribution in [2.45, 2.75) is 84.7 Å². The normalized spacial score (nSPS) is 13.3. The van der Waals surface area contributed by atoms with Crippen molar-refractivity contribution < 1.29 is 4.74 Å². The highest BCUT2D eigenvalue weighted by Gasteiger charge is 2.08. The summed E-state index contributed by atoms with van der Waals surface area (Å²) in [6.45, 7) is 6.82. The van der Waals surface area contributed by atoms with Crippen LogP contribution in [0.2, 0.25) is 0 Å². The predicted molar refractivity (Wildman–Crippen MR) is 72.9 cm³/mol. The number of rotatable bonds is 11. The second kappa shape index (κ2) is 11.4. The summed E-state index contributed by atoms with van der Waals surface area (Å²) in [5.74, 6) is 0.759. The van der Waals surface area contributed by atoms with Crippen molar-refractivity contribution in [2.24, 2.45) is 5.92 Å². The average molecular weight is 228 g/mol. The van der Waals surface area contributed by atoms with Crippen LogP contribution in [0.4, 0.5) is 0 Å². The molecule has 0 saturated heterocycles. The Balaban J connectivity index is 3.27. The molecule has 0 aromatic rings. The van der Waals surface area contributed by atoms with Gasteiger partial charge in [-0.25, -0.2) is 0 Å². The molecular formula is C15H32O. The number of ether oxygens (including phenoxy) is 1. The van der Waals surface area contributed by atoms with Crippen LogP contribution < -0.4 is 0 Å². The molecule has 0 aliphatic rings. The van der Waals surface area contributed by atoms with Gasteiger partial charge in [-0.3, -0.25) is 0 Å². The maximum absolute atomic E-state index is 5.51. The SMILES string of the molecule is CCCCCCCCCC(CC(C)C)OC. The van der Waals surface area contributed by atoms with Crippen LogP contribution in [-0.4, -0.2) is 13.2 Å². The molecule has 1 heteroatoms. The number of hydrogen-bond donors (Lipinski definition) is 0. The van der Waals surface area contributed by atoms with Crippen LogP contribution >= 0.6 is 0 Å². The van der Waals surface area contributed by atoms with Crippen LogP contribution in [0.1, 0.15) is 78.6 Å². The summed E-state index contributed by atoms with van der Waals surface area (Å²) in [7, 11) is 1.86. The predicted octanol–water partition coefficient (Wildman–Crippen LogP) is 5.19. The van der Waals surface area contributed by atoms with Gasteiger partial charge in [0.05, 0.1) is 6.10 Å². The van der Waals surface area contributed by atoms with E-state index >= 15 is 0 Å². The van der Waals surface area contributed by atoms with E-state index in [9.17, 15) is 0 Å². The lowest BCUT2D eigenvalue weighted by atomic mass is 10.00. The molecule has 1 nitrogen and oxygen atoms in total. The van der Waals surface area contributed by atoms with Gasteiger partial charge in [-0.15, -0.1) is 0 Å². The minimum atomic E-state index is 0.496. The van der Waals surface area contributed by atoms with Gasteiger partial charge >= 0.3 is 0 Å². The molecule has 1 unspecified atom stereocenters. The van der Waals surface area contributed by atoms with Crippen LogP contribution in [0.15, 0.2) is 0 Å². The number of unbranched alkanes of at least 4 members (excludes halogenated alkanes) is 6. The largest absolute Gasteiger partial charge is 0.381 e. The summed E-state index contributed by atoms with van der Waals surface area (Å²) >= 11 is 0. The lowest BCUT2D eigenvalue weighted by Gasteiger charge is -2.17. The quantitative estimate of drug-likeness (QED) is 0.442. The second-order valence-electron chi connectivity index (χ2n) is 5.40. The van der Waals surface area contributed by atoms with E-state index in [4.69, 9.17) is 4.74 Å². The fourth-order valence-corrected chi connectivity index (χ4v) is 2.19. The van der Waals surface area contributed by atoms with Gasteiger partial charge in [0.25, 0.3) is 0 Å². The zero-order chi connectivity index (χ0) is 12.2. The van der Waals surface area contributed by atoms with Crippen molar-refractivity contribution in [1.29, 1.82) is 0 Å². The highest BCUT2D eigenvalue weighted by Crippen LogP contribution is 2.15. The first kappa shape index (κ1) is 16.0. The van der Waals surface area contributed by atoms with Gasteiger partial charge in [0.15, 0.2) is 0 Å². The zero-order valence-electron chi connectivity index (χ0n) is 11.9. The first-order chi connectivity index (χ1) is 7.70. The highest BCUT2D eigenvalue weighted by atomic mass is 16.5. The fraction of sp³-hybridized carbons (Fsp3) is 1.00. The Bertz CT molecular complexity index is 131. The van der Waals surface area contributed by atoms with Crippen LogP contribution in [0.5, 0.6) is 0 Å². The Kier molecular flexibility index (Phi) is 11.4. The van der Waals surface area contributed by atoms with E-state index in [-0.39, 0.29) is 0 Å². The monoisotopic (exact) mass is 228 g/mol. The van der Waals surface area contributed by atoms with Crippen molar-refractivity contribution in [3.8, 4) is 0 Å². The molecule has 0 saturated carbocycles. The minimum Gasteiger partial charge on any atom is -0.381 e. The summed E-state index contributed by atoms with van der Waals surface area (Å²) in [5.41, 5.74) is 0. The molecule has 98 valence electrons.